The van der Waals surface area contributed by atoms with Gasteiger partial charge in [0.1, 0.15) is 12.1 Å². The average molecular weight is 425 g/mol. The van der Waals surface area contributed by atoms with Crippen molar-refractivity contribution in [1.82, 2.24) is 20.0 Å². The molecular weight excluding hydrogens is 388 g/mol. The monoisotopic (exact) mass is 424 g/mol. The normalized spacial score (nSPS) is 20.0. The molecule has 0 aromatic rings. The van der Waals surface area contributed by atoms with Crippen molar-refractivity contribution in [1.29, 1.82) is 0 Å². The van der Waals surface area contributed by atoms with Gasteiger partial charge in [0.15, 0.2) is 0 Å². The van der Waals surface area contributed by atoms with Gasteiger partial charge in [-0.15, -0.1) is 0 Å². The Kier molecular flexibility index (Phi) is 7.85. The molecule has 170 valence electrons. The summed E-state index contributed by atoms with van der Waals surface area (Å²) in [7, 11) is 7.96. The van der Waals surface area contributed by atoms with E-state index in [9.17, 15) is 24.3 Å². The third-order valence-electron chi connectivity index (χ3n) is 6.84. The van der Waals surface area contributed by atoms with E-state index >= 15 is 0 Å². The Hall–Kier alpha value is -2.16. The highest BCUT2D eigenvalue weighted by atomic mass is 16.4. The first kappa shape index (κ1) is 24.1. The molecule has 2 aliphatic rings. The predicted octanol–water partition coefficient (Wildman–Crippen LogP) is 0.536. The molecule has 2 saturated carbocycles. The summed E-state index contributed by atoms with van der Waals surface area (Å²) >= 11 is 0. The Labute approximate surface area is 178 Å². The summed E-state index contributed by atoms with van der Waals surface area (Å²) in [4.78, 5) is 55.0. The van der Waals surface area contributed by atoms with Gasteiger partial charge in [-0.25, -0.2) is 0 Å². The maximum atomic E-state index is 13.6. The molecule has 3 amide bonds. The fraction of sp³-hybridized carbons (Fsp3) is 0.810. The molecule has 2 rings (SSSR count). The summed E-state index contributed by atoms with van der Waals surface area (Å²) in [6.07, 6.45) is 5.59. The van der Waals surface area contributed by atoms with Crippen LogP contribution in [0.15, 0.2) is 0 Å². The Morgan fingerprint density at radius 2 is 1.53 bits per heavy atom. The number of aliphatic carboxylic acids is 1. The Balaban J connectivity index is 2.32. The third kappa shape index (κ3) is 4.77. The molecule has 0 radical (unpaired) electrons. The molecule has 2 fully saturated rings. The fourth-order valence-corrected chi connectivity index (χ4v) is 4.74. The molecule has 2 aliphatic carbocycles. The molecular formula is C21H36N4O5. The topological polar surface area (TPSA) is 110 Å². The van der Waals surface area contributed by atoms with E-state index in [1.807, 2.05) is 0 Å². The summed E-state index contributed by atoms with van der Waals surface area (Å²) in [6.45, 7) is 0. The van der Waals surface area contributed by atoms with Gasteiger partial charge in [0, 0.05) is 28.2 Å². The smallest absolute Gasteiger partial charge is 0.305 e. The predicted molar refractivity (Wildman–Crippen MR) is 112 cm³/mol. The minimum Gasteiger partial charge on any atom is -0.481 e. The molecule has 9 nitrogen and oxygen atoms in total. The molecule has 0 spiro atoms. The summed E-state index contributed by atoms with van der Waals surface area (Å²) in [5, 5.41) is 12.4. The van der Waals surface area contributed by atoms with E-state index in [0.29, 0.717) is 0 Å². The van der Waals surface area contributed by atoms with E-state index in [1.54, 1.807) is 19.0 Å². The second-order valence-corrected chi connectivity index (χ2v) is 8.89. The number of carbonyl (C=O) groups excluding carboxylic acids is 3. The number of hydrogen-bond acceptors (Lipinski definition) is 5. The van der Waals surface area contributed by atoms with Crippen LogP contribution in [0.25, 0.3) is 0 Å². The van der Waals surface area contributed by atoms with Crippen LogP contribution in [-0.4, -0.2) is 96.4 Å². The molecule has 0 aliphatic heterocycles. The molecule has 0 aromatic heterocycles. The average Bonchev–Trinajstić information content (AvgIpc) is 3.18. The van der Waals surface area contributed by atoms with E-state index in [1.165, 1.54) is 30.9 Å². The first-order chi connectivity index (χ1) is 14.1. The van der Waals surface area contributed by atoms with E-state index < -0.39 is 35.9 Å². The number of carbonyl (C=O) groups is 4. The number of rotatable bonds is 9. The second kappa shape index (κ2) is 9.76. The first-order valence-electron chi connectivity index (χ1n) is 10.7. The quantitative estimate of drug-likeness (QED) is 0.559. The fourth-order valence-electron chi connectivity index (χ4n) is 4.74. The second-order valence-electron chi connectivity index (χ2n) is 8.89. The number of nitrogens with one attached hydrogen (secondary N) is 1. The maximum absolute atomic E-state index is 13.6. The zero-order valence-electron chi connectivity index (χ0n) is 18.8. The van der Waals surface area contributed by atoms with E-state index in [0.717, 1.165) is 44.9 Å². The SMILES string of the molecule is CNC1(C(=O)N(C)[C@H](C(=O)N(C)[C@@H](CC(=O)O)C(=O)N(C)C)C2CCCC2)CCC1. The lowest BCUT2D eigenvalue weighted by atomic mass is 9.75. The number of hydrogen-bond donors (Lipinski definition) is 2. The largest absolute Gasteiger partial charge is 0.481 e. The van der Waals surface area contributed by atoms with Crippen LogP contribution in [0.4, 0.5) is 0 Å². The van der Waals surface area contributed by atoms with Gasteiger partial charge in [-0.1, -0.05) is 12.8 Å². The number of nitrogens with zero attached hydrogens (tertiary/aromatic N) is 3. The molecule has 9 heteroatoms. The van der Waals surface area contributed by atoms with Gasteiger partial charge in [0.2, 0.25) is 17.7 Å². The van der Waals surface area contributed by atoms with Crippen LogP contribution in [0.1, 0.15) is 51.4 Å². The molecule has 0 saturated heterocycles. The van der Waals surface area contributed by atoms with E-state index in [4.69, 9.17) is 0 Å². The lowest BCUT2D eigenvalue weighted by Gasteiger charge is -2.45. The van der Waals surface area contributed by atoms with Crippen LogP contribution in [0.2, 0.25) is 0 Å². The summed E-state index contributed by atoms with van der Waals surface area (Å²) in [5.74, 6) is -2.07. The molecule has 30 heavy (non-hydrogen) atoms. The van der Waals surface area contributed by atoms with Crippen molar-refractivity contribution in [3.05, 3.63) is 0 Å². The number of carboxylic acid groups (broad SMARTS) is 1. The van der Waals surface area contributed by atoms with Gasteiger partial charge in [-0.2, -0.15) is 0 Å². The lowest BCUT2D eigenvalue weighted by molar-refractivity contribution is -0.156. The van der Waals surface area contributed by atoms with E-state index in [2.05, 4.69) is 5.32 Å². The highest BCUT2D eigenvalue weighted by Crippen LogP contribution is 2.36. The zero-order chi connectivity index (χ0) is 22.6. The minimum atomic E-state index is -1.15. The van der Waals surface area contributed by atoms with Gasteiger partial charge >= 0.3 is 5.97 Å². The molecule has 2 atom stereocenters. The van der Waals surface area contributed by atoms with Crippen LogP contribution in [0.3, 0.4) is 0 Å². The zero-order valence-corrected chi connectivity index (χ0v) is 18.8. The molecule has 2 N–H and O–H groups in total. The van der Waals surface area contributed by atoms with Crippen LogP contribution in [0.5, 0.6) is 0 Å². The van der Waals surface area contributed by atoms with Gasteiger partial charge in [0.05, 0.1) is 12.0 Å². The van der Waals surface area contributed by atoms with Gasteiger partial charge in [-0.3, -0.25) is 19.2 Å². The third-order valence-corrected chi connectivity index (χ3v) is 6.84. The van der Waals surface area contributed by atoms with Crippen molar-refractivity contribution < 1.29 is 24.3 Å². The van der Waals surface area contributed by atoms with E-state index in [-0.39, 0.29) is 17.7 Å². The Bertz CT molecular complexity index is 665. The van der Waals surface area contributed by atoms with Crippen LogP contribution in [-0.2, 0) is 19.2 Å². The summed E-state index contributed by atoms with van der Waals surface area (Å²) in [5.41, 5.74) is -0.635. The first-order valence-corrected chi connectivity index (χ1v) is 10.7. The standard InChI is InChI=1S/C21H36N4O5/c1-22-21(11-8-12-21)20(30)25(5)17(14-9-6-7-10-14)19(29)24(4)15(13-16(26)27)18(28)23(2)3/h14-15,17,22H,6-13H2,1-5H3,(H,26,27)/t15-,17-/m0/s1. The van der Waals surface area contributed by atoms with Crippen molar-refractivity contribution in [2.45, 2.75) is 69.0 Å². The summed E-state index contributed by atoms with van der Waals surface area (Å²) in [6, 6.07) is -1.82. The van der Waals surface area contributed by atoms with Crippen molar-refractivity contribution in [2.75, 3.05) is 35.2 Å². The van der Waals surface area contributed by atoms with Crippen molar-refractivity contribution in [3.8, 4) is 0 Å². The van der Waals surface area contributed by atoms with Crippen LogP contribution in [0, 0.1) is 5.92 Å². The van der Waals surface area contributed by atoms with Crippen molar-refractivity contribution >= 4 is 23.7 Å². The number of likely N-dealkylation sites (N-methyl/N-ethyl adjacent to an activating group) is 4. The molecule has 0 heterocycles. The van der Waals surface area contributed by atoms with Crippen LogP contribution >= 0.6 is 0 Å². The maximum Gasteiger partial charge on any atom is 0.305 e. The van der Waals surface area contributed by atoms with Gasteiger partial charge in [0.25, 0.3) is 0 Å². The van der Waals surface area contributed by atoms with Gasteiger partial charge < -0.3 is 25.1 Å². The molecule has 0 bridgehead atoms. The molecule has 0 aromatic carbocycles. The minimum absolute atomic E-state index is 0.00261. The molecule has 0 unspecified atom stereocenters. The Morgan fingerprint density at radius 3 is 1.93 bits per heavy atom. The lowest BCUT2D eigenvalue weighted by Crippen LogP contribution is -2.65. The van der Waals surface area contributed by atoms with Crippen LogP contribution < -0.4 is 5.32 Å². The summed E-state index contributed by atoms with van der Waals surface area (Å²) < 4.78 is 0. The van der Waals surface area contributed by atoms with Crippen molar-refractivity contribution in [3.63, 3.8) is 0 Å². The Morgan fingerprint density at radius 1 is 0.967 bits per heavy atom. The number of amides is 3. The van der Waals surface area contributed by atoms with Crippen molar-refractivity contribution in [2.24, 2.45) is 5.92 Å². The highest BCUT2D eigenvalue weighted by Gasteiger charge is 2.49. The highest BCUT2D eigenvalue weighted by molar-refractivity contribution is 5.95. The number of carboxylic acids is 1. The van der Waals surface area contributed by atoms with Gasteiger partial charge in [-0.05, 0) is 45.1 Å².